The van der Waals surface area contributed by atoms with Crippen molar-refractivity contribution in [3.05, 3.63) is 117 Å². The van der Waals surface area contributed by atoms with Crippen molar-refractivity contribution in [2.45, 2.75) is 26.2 Å². The molecule has 12 nitrogen and oxygen atoms in total. The summed E-state index contributed by atoms with van der Waals surface area (Å²) in [5.74, 6) is -15.1. The van der Waals surface area contributed by atoms with Gasteiger partial charge in [-0.15, -0.1) is 0 Å². The SMILES string of the molecule is Cc1cc2c(c3cc(C(=O)N4CCc5c4ccc4[nH]c(C(=O)Oc6c(F)c(F)c(F)c(F)c6F)cc54)[nH]c13)CCN2C(=O)c1cc2c3c(ccc2[nH]1)N(C(N)=O)CC3. The van der Waals surface area contributed by atoms with E-state index >= 15 is 0 Å². The van der Waals surface area contributed by atoms with Gasteiger partial charge in [0.05, 0.1) is 0 Å². The van der Waals surface area contributed by atoms with Crippen LogP contribution in [0.1, 0.15) is 53.7 Å². The van der Waals surface area contributed by atoms with Gasteiger partial charge < -0.3 is 35.2 Å². The molecule has 0 radical (unpaired) electrons. The summed E-state index contributed by atoms with van der Waals surface area (Å²) < 4.78 is 73.9. The van der Waals surface area contributed by atoms with Gasteiger partial charge in [0.15, 0.2) is 0 Å². The van der Waals surface area contributed by atoms with Crippen molar-refractivity contribution in [1.82, 2.24) is 15.0 Å². The number of amides is 4. The zero-order valence-electron chi connectivity index (χ0n) is 30.2. The molecule has 292 valence electrons. The van der Waals surface area contributed by atoms with Gasteiger partial charge >= 0.3 is 12.0 Å². The summed E-state index contributed by atoms with van der Waals surface area (Å²) in [6.07, 6.45) is 1.56. The summed E-state index contributed by atoms with van der Waals surface area (Å²) in [4.78, 5) is 67.0. The zero-order valence-corrected chi connectivity index (χ0v) is 30.2. The number of H-pyrrole nitrogens is 3. The number of aromatic nitrogens is 3. The van der Waals surface area contributed by atoms with Crippen LogP contribution in [-0.4, -0.2) is 58.4 Å². The fourth-order valence-corrected chi connectivity index (χ4v) is 8.68. The molecule has 58 heavy (non-hydrogen) atoms. The molecule has 6 heterocycles. The van der Waals surface area contributed by atoms with Crippen LogP contribution in [0.5, 0.6) is 5.75 Å². The first-order valence-electron chi connectivity index (χ1n) is 18.2. The van der Waals surface area contributed by atoms with Crippen molar-refractivity contribution in [1.29, 1.82) is 0 Å². The van der Waals surface area contributed by atoms with Crippen LogP contribution in [0, 0.1) is 36.0 Å². The third-order valence-electron chi connectivity index (χ3n) is 11.4. The first kappa shape index (κ1) is 35.3. The summed E-state index contributed by atoms with van der Waals surface area (Å²) in [5, 5.41) is 2.17. The van der Waals surface area contributed by atoms with Gasteiger partial charge in [-0.05, 0) is 97.0 Å². The summed E-state index contributed by atoms with van der Waals surface area (Å²) in [5.41, 5.74) is 13.4. The standard InChI is InChI=1S/C41H28F5N7O5/c1-16-12-30-19(7-10-52(30)38(54)25-13-20-18-8-11-53(41(47)57)29(18)5-3-23(20)48-25)22-15-26(50-36(16)22)39(55)51-9-6-17-21-14-27(49-24(21)2-4-28(17)51)40(56)58-37-34(45)32(43)31(42)33(44)35(37)46/h2-5,12-15,48-50H,6-11H2,1H3,(H2,47,57). The van der Waals surface area contributed by atoms with Crippen LogP contribution >= 0.6 is 0 Å². The summed E-state index contributed by atoms with van der Waals surface area (Å²) in [6.45, 7) is 3.07. The third-order valence-corrected chi connectivity index (χ3v) is 11.4. The average molecular weight is 794 g/mol. The molecule has 5 N–H and O–H groups in total. The number of aryl methyl sites for hydroxylation is 1. The van der Waals surface area contributed by atoms with E-state index in [2.05, 4.69) is 19.7 Å². The first-order valence-corrected chi connectivity index (χ1v) is 18.2. The Morgan fingerprint density at radius 3 is 1.66 bits per heavy atom. The van der Waals surface area contributed by atoms with Gasteiger partial charge in [0.25, 0.3) is 11.8 Å². The predicted octanol–water partition coefficient (Wildman–Crippen LogP) is 7.20. The lowest BCUT2D eigenvalue weighted by Gasteiger charge is -2.17. The number of benzene rings is 4. The molecule has 7 aromatic rings. The number of ether oxygens (including phenoxy) is 1. The number of primary amides is 1. The molecular weight excluding hydrogens is 765 g/mol. The van der Waals surface area contributed by atoms with Crippen LogP contribution < -0.4 is 25.2 Å². The number of nitrogens with zero attached hydrogens (tertiary/aromatic N) is 3. The predicted molar refractivity (Wildman–Crippen MR) is 202 cm³/mol. The zero-order chi connectivity index (χ0) is 40.5. The number of carbonyl (C=O) groups excluding carboxylic acids is 4. The third kappa shape index (κ3) is 4.98. The van der Waals surface area contributed by atoms with E-state index in [1.165, 1.54) is 11.0 Å². The molecule has 3 aromatic heterocycles. The maximum atomic E-state index is 14.2. The van der Waals surface area contributed by atoms with Crippen molar-refractivity contribution < 1.29 is 45.9 Å². The highest BCUT2D eigenvalue weighted by Gasteiger charge is 2.34. The topological polar surface area (TPSA) is 161 Å². The van der Waals surface area contributed by atoms with E-state index in [1.54, 1.807) is 28.0 Å². The van der Waals surface area contributed by atoms with Crippen molar-refractivity contribution >= 4 is 73.6 Å². The van der Waals surface area contributed by atoms with Crippen molar-refractivity contribution in [3.63, 3.8) is 0 Å². The number of nitrogens with one attached hydrogen (secondary N) is 3. The minimum atomic E-state index is -2.38. The molecule has 17 heteroatoms. The molecule has 10 rings (SSSR count). The minimum Gasteiger partial charge on any atom is -0.415 e. The van der Waals surface area contributed by atoms with E-state index in [-0.39, 0.29) is 24.1 Å². The van der Waals surface area contributed by atoms with Crippen LogP contribution in [0.3, 0.4) is 0 Å². The Morgan fingerprint density at radius 2 is 1.05 bits per heavy atom. The highest BCUT2D eigenvalue weighted by atomic mass is 19.2. The first-order chi connectivity index (χ1) is 27.8. The molecule has 0 spiro atoms. The molecule has 0 saturated heterocycles. The number of carbonyl (C=O) groups is 4. The lowest BCUT2D eigenvalue weighted by atomic mass is 10.0. The molecule has 4 aromatic carbocycles. The lowest BCUT2D eigenvalue weighted by Crippen LogP contribution is -2.33. The van der Waals surface area contributed by atoms with E-state index in [0.29, 0.717) is 65.9 Å². The molecule has 0 atom stereocenters. The van der Waals surface area contributed by atoms with Crippen LogP contribution in [-0.2, 0) is 19.3 Å². The number of urea groups is 1. The number of hydrogen-bond acceptors (Lipinski definition) is 5. The second-order valence-electron chi connectivity index (χ2n) is 14.5. The van der Waals surface area contributed by atoms with E-state index in [9.17, 15) is 41.1 Å². The largest absolute Gasteiger partial charge is 0.415 e. The maximum Gasteiger partial charge on any atom is 0.360 e. The van der Waals surface area contributed by atoms with E-state index in [4.69, 9.17) is 5.73 Å². The number of hydrogen-bond donors (Lipinski definition) is 4. The van der Waals surface area contributed by atoms with Gasteiger partial charge in [-0.25, -0.2) is 22.8 Å². The van der Waals surface area contributed by atoms with Crippen LogP contribution in [0.25, 0.3) is 32.7 Å². The number of nitrogens with two attached hydrogens (primary N) is 1. The Balaban J connectivity index is 0.920. The second-order valence-corrected chi connectivity index (χ2v) is 14.5. The number of fused-ring (bicyclic) bond motifs is 9. The second kappa shape index (κ2) is 12.4. The van der Waals surface area contributed by atoms with Gasteiger partial charge in [-0.2, -0.15) is 8.78 Å². The molecule has 0 fully saturated rings. The van der Waals surface area contributed by atoms with Crippen molar-refractivity contribution in [3.8, 4) is 5.75 Å². The molecule has 0 bridgehead atoms. The number of anilines is 3. The molecule has 3 aliphatic rings. The van der Waals surface area contributed by atoms with Gasteiger partial charge in [0.2, 0.25) is 34.8 Å². The Morgan fingerprint density at radius 1 is 0.586 bits per heavy atom. The van der Waals surface area contributed by atoms with Crippen LogP contribution in [0.15, 0.2) is 48.5 Å². The Kier molecular flexibility index (Phi) is 7.55. The fraction of sp³-hybridized carbons (Fsp3) is 0.171. The minimum absolute atomic E-state index is 0.210. The molecule has 4 amide bonds. The number of esters is 1. The number of aromatic amines is 3. The van der Waals surface area contributed by atoms with E-state index in [1.807, 2.05) is 31.2 Å². The van der Waals surface area contributed by atoms with Gasteiger partial charge in [0.1, 0.15) is 17.1 Å². The van der Waals surface area contributed by atoms with Gasteiger partial charge in [-0.1, -0.05) is 0 Å². The molecule has 0 aliphatic carbocycles. The molecule has 3 aliphatic heterocycles. The van der Waals surface area contributed by atoms with Gasteiger partial charge in [-0.3, -0.25) is 14.5 Å². The highest BCUT2D eigenvalue weighted by Crippen LogP contribution is 2.41. The molecule has 0 unspecified atom stereocenters. The van der Waals surface area contributed by atoms with Crippen LogP contribution in [0.4, 0.5) is 43.8 Å². The van der Waals surface area contributed by atoms with Crippen molar-refractivity contribution in [2.75, 3.05) is 34.3 Å². The summed E-state index contributed by atoms with van der Waals surface area (Å²) >= 11 is 0. The maximum absolute atomic E-state index is 14.2. The van der Waals surface area contributed by atoms with E-state index < -0.39 is 46.8 Å². The average Bonchev–Trinajstić information content (AvgIpc) is 4.06. The fourth-order valence-electron chi connectivity index (χ4n) is 8.68. The van der Waals surface area contributed by atoms with E-state index in [0.717, 1.165) is 49.9 Å². The Labute approximate surface area is 322 Å². The van der Waals surface area contributed by atoms with Crippen LogP contribution in [0.2, 0.25) is 0 Å². The normalized spacial score (nSPS) is 14.6. The molecular formula is C41H28F5N7O5. The summed E-state index contributed by atoms with van der Waals surface area (Å²) in [6, 6.07) is 13.3. The lowest BCUT2D eigenvalue weighted by molar-refractivity contribution is 0.0710. The number of halogens is 5. The van der Waals surface area contributed by atoms with Crippen molar-refractivity contribution in [2.24, 2.45) is 5.73 Å². The van der Waals surface area contributed by atoms with Gasteiger partial charge in [0, 0.05) is 69.4 Å². The Hall–Kier alpha value is -7.17. The number of rotatable bonds is 4. The quantitative estimate of drug-likeness (QED) is 0.0487. The monoisotopic (exact) mass is 793 g/mol. The molecule has 0 saturated carbocycles. The Bertz CT molecular complexity index is 3010. The smallest absolute Gasteiger partial charge is 0.360 e. The highest BCUT2D eigenvalue weighted by molar-refractivity contribution is 6.14. The summed E-state index contributed by atoms with van der Waals surface area (Å²) in [7, 11) is 0.